The molecular weight excluding hydrogens is 585 g/mol. The number of pyridine rings is 1. The molecule has 0 saturated heterocycles. The number of nitrogens with zero attached hydrogens (tertiary/aromatic N) is 2. The average Bonchev–Trinajstić information content (AvgIpc) is 2.94. The second-order valence-electron chi connectivity index (χ2n) is 10.5. The van der Waals surface area contributed by atoms with E-state index < -0.39 is 54.5 Å². The van der Waals surface area contributed by atoms with Gasteiger partial charge in [0.15, 0.2) is 0 Å². The maximum Gasteiger partial charge on any atom is 0.252 e. The normalized spacial score (nSPS) is 16.4. The van der Waals surface area contributed by atoms with Gasteiger partial charge in [-0.3, -0.25) is 14.5 Å². The number of carbonyl (C=O) groups is 2. The molecule has 1 fully saturated rings. The standard InChI is InChI=1S/C30H34ClF3N6O3/c1-18(35)19-9-10-37-26(13-19)39-25(17-36-11-12-41)29(43)40(22-6-4-5-20(32)14-22)27(23-7-2-3-8-24(23)31)28(42)38-21-15-30(33,34)16-21/h2-10,13-14,18,21,25,27,36,41H,11-12,15-17,35H2,1H3,(H,37,39)(H,38,42). The highest BCUT2D eigenvalue weighted by atomic mass is 35.5. The minimum Gasteiger partial charge on any atom is -0.395 e. The van der Waals surface area contributed by atoms with Crippen LogP contribution in [0.15, 0.2) is 66.9 Å². The van der Waals surface area contributed by atoms with Gasteiger partial charge in [0, 0.05) is 60.5 Å². The van der Waals surface area contributed by atoms with Gasteiger partial charge in [-0.1, -0.05) is 35.9 Å². The first-order valence-electron chi connectivity index (χ1n) is 13.8. The molecule has 0 radical (unpaired) electrons. The quantitative estimate of drug-likeness (QED) is 0.183. The number of carbonyl (C=O) groups excluding carboxylic acids is 2. The molecule has 0 bridgehead atoms. The van der Waals surface area contributed by atoms with Gasteiger partial charge >= 0.3 is 0 Å². The van der Waals surface area contributed by atoms with E-state index in [2.05, 4.69) is 20.9 Å². The van der Waals surface area contributed by atoms with E-state index in [1.807, 2.05) is 0 Å². The number of hydrogen-bond acceptors (Lipinski definition) is 7. The molecular formula is C30H34ClF3N6O3. The molecule has 6 N–H and O–H groups in total. The lowest BCUT2D eigenvalue weighted by atomic mass is 9.87. The summed E-state index contributed by atoms with van der Waals surface area (Å²) in [7, 11) is 0. The third kappa shape index (κ3) is 8.23. The third-order valence-corrected chi connectivity index (χ3v) is 7.38. The van der Waals surface area contributed by atoms with Crippen LogP contribution in [0.3, 0.4) is 0 Å². The summed E-state index contributed by atoms with van der Waals surface area (Å²) >= 11 is 6.53. The largest absolute Gasteiger partial charge is 0.395 e. The second-order valence-corrected chi connectivity index (χ2v) is 10.9. The molecule has 0 spiro atoms. The van der Waals surface area contributed by atoms with Crippen molar-refractivity contribution in [2.75, 3.05) is 29.9 Å². The van der Waals surface area contributed by atoms with Crippen LogP contribution in [0, 0.1) is 5.82 Å². The Bertz CT molecular complexity index is 1420. The van der Waals surface area contributed by atoms with E-state index in [4.69, 9.17) is 17.3 Å². The third-order valence-electron chi connectivity index (χ3n) is 7.03. The Morgan fingerprint density at radius 2 is 1.91 bits per heavy atom. The molecule has 2 aromatic carbocycles. The maximum absolute atomic E-state index is 14.6. The summed E-state index contributed by atoms with van der Waals surface area (Å²) in [4.78, 5) is 33.8. The van der Waals surface area contributed by atoms with E-state index in [-0.39, 0.29) is 42.0 Å². The summed E-state index contributed by atoms with van der Waals surface area (Å²) in [6.45, 7) is 1.72. The summed E-state index contributed by atoms with van der Waals surface area (Å²) in [5.41, 5.74) is 7.02. The van der Waals surface area contributed by atoms with E-state index in [9.17, 15) is 27.9 Å². The number of aliphatic hydroxyl groups is 1. The molecule has 1 heterocycles. The molecule has 43 heavy (non-hydrogen) atoms. The SMILES string of the molecule is CC(N)c1ccnc(NC(CNCCO)C(=O)N(c2cccc(F)c2)C(C(=O)NC2CC(F)(F)C2)c2ccccc2Cl)c1. The van der Waals surface area contributed by atoms with E-state index in [0.717, 1.165) is 16.5 Å². The number of aliphatic hydroxyl groups excluding tert-OH is 1. The van der Waals surface area contributed by atoms with Crippen molar-refractivity contribution in [1.82, 2.24) is 15.6 Å². The number of anilines is 2. The highest BCUT2D eigenvalue weighted by molar-refractivity contribution is 6.31. The molecule has 1 aromatic heterocycles. The van der Waals surface area contributed by atoms with Crippen LogP contribution in [0.25, 0.3) is 0 Å². The summed E-state index contributed by atoms with van der Waals surface area (Å²) in [6.07, 6.45) is 0.444. The van der Waals surface area contributed by atoms with Gasteiger partial charge in [-0.2, -0.15) is 0 Å². The molecule has 3 aromatic rings. The van der Waals surface area contributed by atoms with Crippen LogP contribution in [-0.2, 0) is 9.59 Å². The summed E-state index contributed by atoms with van der Waals surface area (Å²) in [5, 5.41) is 18.2. The molecule has 1 aliphatic rings. The number of alkyl halides is 2. The van der Waals surface area contributed by atoms with Gasteiger partial charge in [-0.15, -0.1) is 0 Å². The topological polar surface area (TPSA) is 133 Å². The Kier molecular flexibility index (Phi) is 10.6. The van der Waals surface area contributed by atoms with Crippen LogP contribution in [-0.4, -0.2) is 59.6 Å². The first kappa shape index (κ1) is 32.2. The van der Waals surface area contributed by atoms with Crippen molar-refractivity contribution >= 4 is 34.9 Å². The number of rotatable bonds is 13. The summed E-state index contributed by atoms with van der Waals surface area (Å²) in [5.74, 6) is -4.69. The Balaban J connectivity index is 1.79. The van der Waals surface area contributed by atoms with E-state index in [1.54, 1.807) is 37.3 Å². The van der Waals surface area contributed by atoms with Crippen molar-refractivity contribution in [3.05, 3.63) is 88.8 Å². The molecule has 13 heteroatoms. The van der Waals surface area contributed by atoms with Gasteiger partial charge in [-0.05, 0) is 48.9 Å². The molecule has 0 aliphatic heterocycles. The van der Waals surface area contributed by atoms with Crippen molar-refractivity contribution in [3.63, 3.8) is 0 Å². The highest BCUT2D eigenvalue weighted by Crippen LogP contribution is 2.39. The van der Waals surface area contributed by atoms with Gasteiger partial charge in [0.1, 0.15) is 23.7 Å². The van der Waals surface area contributed by atoms with Crippen LogP contribution in [0.1, 0.15) is 43.0 Å². The number of nitrogens with two attached hydrogens (primary N) is 1. The lowest BCUT2D eigenvalue weighted by Crippen LogP contribution is -2.56. The highest BCUT2D eigenvalue weighted by Gasteiger charge is 2.47. The number of hydrogen-bond donors (Lipinski definition) is 5. The average molecular weight is 619 g/mol. The molecule has 1 saturated carbocycles. The smallest absolute Gasteiger partial charge is 0.252 e. The molecule has 1 aliphatic carbocycles. The number of amides is 2. The zero-order chi connectivity index (χ0) is 31.1. The maximum atomic E-state index is 14.6. The molecule has 9 nitrogen and oxygen atoms in total. The fourth-order valence-corrected chi connectivity index (χ4v) is 5.09. The van der Waals surface area contributed by atoms with Gasteiger partial charge in [-0.25, -0.2) is 18.2 Å². The fourth-order valence-electron chi connectivity index (χ4n) is 4.85. The lowest BCUT2D eigenvalue weighted by molar-refractivity contribution is -0.132. The zero-order valence-electron chi connectivity index (χ0n) is 23.4. The second kappa shape index (κ2) is 14.2. The van der Waals surface area contributed by atoms with Gasteiger partial charge in [0.2, 0.25) is 5.91 Å². The summed E-state index contributed by atoms with van der Waals surface area (Å²) in [6, 6.07) is 11.2. The molecule has 3 atom stereocenters. The van der Waals surface area contributed by atoms with E-state index in [1.165, 1.54) is 30.5 Å². The van der Waals surface area contributed by atoms with Crippen molar-refractivity contribution in [1.29, 1.82) is 0 Å². The first-order valence-corrected chi connectivity index (χ1v) is 14.2. The van der Waals surface area contributed by atoms with Gasteiger partial charge in [0.05, 0.1) is 6.61 Å². The monoisotopic (exact) mass is 618 g/mol. The van der Waals surface area contributed by atoms with Crippen molar-refractivity contribution in [2.45, 2.75) is 49.9 Å². The summed E-state index contributed by atoms with van der Waals surface area (Å²) < 4.78 is 41.9. The van der Waals surface area contributed by atoms with E-state index in [0.29, 0.717) is 5.82 Å². The minimum atomic E-state index is -2.90. The van der Waals surface area contributed by atoms with Gasteiger partial charge in [0.25, 0.3) is 11.8 Å². The number of aromatic nitrogens is 1. The molecule has 4 rings (SSSR count). The Morgan fingerprint density at radius 3 is 2.56 bits per heavy atom. The van der Waals surface area contributed by atoms with Crippen molar-refractivity contribution in [3.8, 4) is 0 Å². The zero-order valence-corrected chi connectivity index (χ0v) is 24.2. The molecule has 2 amide bonds. The van der Waals surface area contributed by atoms with Crippen LogP contribution in [0.5, 0.6) is 0 Å². The lowest BCUT2D eigenvalue weighted by Gasteiger charge is -2.39. The van der Waals surface area contributed by atoms with Crippen molar-refractivity contribution in [2.24, 2.45) is 5.73 Å². The number of benzene rings is 2. The van der Waals surface area contributed by atoms with Crippen LogP contribution >= 0.6 is 11.6 Å². The first-order chi connectivity index (χ1) is 20.5. The molecule has 3 unspecified atom stereocenters. The van der Waals surface area contributed by atoms with Crippen LogP contribution in [0.2, 0.25) is 5.02 Å². The Labute approximate surface area is 252 Å². The van der Waals surface area contributed by atoms with Crippen LogP contribution < -0.4 is 26.6 Å². The predicted molar refractivity (Wildman–Crippen MR) is 158 cm³/mol. The van der Waals surface area contributed by atoms with Gasteiger partial charge < -0.3 is 26.8 Å². The fraction of sp³-hybridized carbons (Fsp3) is 0.367. The van der Waals surface area contributed by atoms with Crippen LogP contribution in [0.4, 0.5) is 24.7 Å². The molecule has 230 valence electrons. The minimum absolute atomic E-state index is 0.0268. The van der Waals surface area contributed by atoms with Crippen molar-refractivity contribution < 1.29 is 27.9 Å². The predicted octanol–water partition coefficient (Wildman–Crippen LogP) is 3.94. The number of halogens is 4. The Hall–Kier alpha value is -3.71. The Morgan fingerprint density at radius 1 is 1.16 bits per heavy atom. The number of nitrogens with one attached hydrogen (secondary N) is 3. The van der Waals surface area contributed by atoms with E-state index >= 15 is 0 Å².